The summed E-state index contributed by atoms with van der Waals surface area (Å²) in [6, 6.07) is 7.26. The third-order valence-electron chi connectivity index (χ3n) is 2.21. The average Bonchev–Trinajstić information content (AvgIpc) is 2.78. The Kier molecular flexibility index (Phi) is 3.50. The molecule has 0 aliphatic rings. The quantitative estimate of drug-likeness (QED) is 0.899. The SMILES string of the molecule is NC(=O)c1cc(S(=O)(=O)Nc2cccc(Cl)c2)co1. The molecule has 0 unspecified atom stereocenters. The maximum Gasteiger partial charge on any atom is 0.284 e. The summed E-state index contributed by atoms with van der Waals surface area (Å²) in [5, 5.41) is 0.394. The molecule has 2 aromatic rings. The first-order valence-corrected chi connectivity index (χ1v) is 6.91. The molecule has 0 atom stereocenters. The summed E-state index contributed by atoms with van der Waals surface area (Å²) < 4.78 is 31.0. The molecule has 100 valence electrons. The molecular formula is C11H9ClN2O4S. The second kappa shape index (κ2) is 4.94. The van der Waals surface area contributed by atoms with E-state index >= 15 is 0 Å². The maximum absolute atomic E-state index is 12.0. The van der Waals surface area contributed by atoms with Gasteiger partial charge in [-0.05, 0) is 18.2 Å². The molecule has 8 heteroatoms. The topological polar surface area (TPSA) is 102 Å². The van der Waals surface area contributed by atoms with Gasteiger partial charge in [-0.2, -0.15) is 0 Å². The number of carbonyl (C=O) groups excluding carboxylic acids is 1. The molecule has 0 fully saturated rings. The predicted octanol–water partition coefficient (Wildman–Crippen LogP) is 1.83. The summed E-state index contributed by atoms with van der Waals surface area (Å²) in [5.41, 5.74) is 5.28. The smallest absolute Gasteiger partial charge is 0.284 e. The Morgan fingerprint density at radius 2 is 2.05 bits per heavy atom. The van der Waals surface area contributed by atoms with Crippen molar-refractivity contribution in [2.75, 3.05) is 4.72 Å². The Labute approximate surface area is 114 Å². The van der Waals surface area contributed by atoms with Gasteiger partial charge in [0.2, 0.25) is 0 Å². The number of hydrogen-bond donors (Lipinski definition) is 2. The monoisotopic (exact) mass is 300 g/mol. The zero-order valence-corrected chi connectivity index (χ0v) is 11.0. The molecular weight excluding hydrogens is 292 g/mol. The number of anilines is 1. The first kappa shape index (κ1) is 13.4. The number of furan rings is 1. The van der Waals surface area contributed by atoms with Gasteiger partial charge in [0.25, 0.3) is 15.9 Å². The van der Waals surface area contributed by atoms with Gasteiger partial charge < -0.3 is 10.2 Å². The van der Waals surface area contributed by atoms with Gasteiger partial charge in [-0.3, -0.25) is 9.52 Å². The number of hydrogen-bond acceptors (Lipinski definition) is 4. The van der Waals surface area contributed by atoms with Crippen LogP contribution in [-0.2, 0) is 10.0 Å². The molecule has 0 aliphatic carbocycles. The van der Waals surface area contributed by atoms with Crippen LogP contribution in [0.1, 0.15) is 10.6 Å². The average molecular weight is 301 g/mol. The van der Waals surface area contributed by atoms with Gasteiger partial charge in [-0.15, -0.1) is 0 Å². The minimum absolute atomic E-state index is 0.193. The number of nitrogens with two attached hydrogens (primary N) is 1. The molecule has 1 amide bonds. The van der Waals surface area contributed by atoms with Gasteiger partial charge in [-0.25, -0.2) is 8.42 Å². The number of sulfonamides is 1. The molecule has 19 heavy (non-hydrogen) atoms. The van der Waals surface area contributed by atoms with E-state index < -0.39 is 15.9 Å². The maximum atomic E-state index is 12.0. The number of primary amides is 1. The van der Waals surface area contributed by atoms with Crippen LogP contribution in [0, 0.1) is 0 Å². The number of carbonyl (C=O) groups is 1. The highest BCUT2D eigenvalue weighted by atomic mass is 35.5. The predicted molar refractivity (Wildman–Crippen MR) is 69.5 cm³/mol. The van der Waals surface area contributed by atoms with Gasteiger partial charge in [-0.1, -0.05) is 17.7 Å². The van der Waals surface area contributed by atoms with Crippen molar-refractivity contribution in [3.05, 3.63) is 47.4 Å². The first-order valence-electron chi connectivity index (χ1n) is 5.05. The summed E-state index contributed by atoms with van der Waals surface area (Å²) in [4.78, 5) is 10.6. The van der Waals surface area contributed by atoms with Crippen LogP contribution in [0.2, 0.25) is 5.02 Å². The lowest BCUT2D eigenvalue weighted by Gasteiger charge is -2.05. The Balaban J connectivity index is 2.29. The lowest BCUT2D eigenvalue weighted by molar-refractivity contribution is 0.0974. The van der Waals surface area contributed by atoms with Crippen molar-refractivity contribution in [2.45, 2.75) is 4.90 Å². The van der Waals surface area contributed by atoms with E-state index in [2.05, 4.69) is 4.72 Å². The van der Waals surface area contributed by atoms with Crippen LogP contribution in [0.5, 0.6) is 0 Å². The van der Waals surface area contributed by atoms with Crippen LogP contribution in [-0.4, -0.2) is 14.3 Å². The number of halogens is 1. The first-order chi connectivity index (χ1) is 8.88. The van der Waals surface area contributed by atoms with Gasteiger partial charge in [0.1, 0.15) is 11.2 Å². The Morgan fingerprint density at radius 3 is 2.63 bits per heavy atom. The molecule has 0 radical (unpaired) electrons. The number of amides is 1. The zero-order chi connectivity index (χ0) is 14.0. The molecule has 0 aliphatic heterocycles. The summed E-state index contributed by atoms with van der Waals surface area (Å²) in [7, 11) is -3.85. The molecule has 1 aromatic carbocycles. The van der Waals surface area contributed by atoms with Crippen molar-refractivity contribution in [2.24, 2.45) is 5.73 Å². The van der Waals surface area contributed by atoms with Crippen molar-refractivity contribution in [1.82, 2.24) is 0 Å². The van der Waals surface area contributed by atoms with Crippen LogP contribution in [0.3, 0.4) is 0 Å². The Bertz CT molecular complexity index is 724. The third kappa shape index (κ3) is 3.07. The van der Waals surface area contributed by atoms with E-state index in [-0.39, 0.29) is 10.7 Å². The van der Waals surface area contributed by atoms with Crippen LogP contribution in [0.25, 0.3) is 0 Å². The lowest BCUT2D eigenvalue weighted by Crippen LogP contribution is -2.13. The summed E-state index contributed by atoms with van der Waals surface area (Å²) in [6.45, 7) is 0. The van der Waals surface area contributed by atoms with E-state index in [1.165, 1.54) is 6.07 Å². The molecule has 1 heterocycles. The van der Waals surface area contributed by atoms with Gasteiger partial charge >= 0.3 is 0 Å². The third-order valence-corrected chi connectivity index (χ3v) is 3.78. The fourth-order valence-electron chi connectivity index (χ4n) is 1.35. The largest absolute Gasteiger partial charge is 0.458 e. The Morgan fingerprint density at radius 1 is 1.32 bits per heavy atom. The highest BCUT2D eigenvalue weighted by Gasteiger charge is 2.19. The van der Waals surface area contributed by atoms with Crippen molar-refractivity contribution in [1.29, 1.82) is 0 Å². The van der Waals surface area contributed by atoms with E-state index in [1.54, 1.807) is 18.2 Å². The molecule has 3 N–H and O–H groups in total. The highest BCUT2D eigenvalue weighted by molar-refractivity contribution is 7.92. The second-order valence-corrected chi connectivity index (χ2v) is 5.75. The van der Waals surface area contributed by atoms with Crippen LogP contribution >= 0.6 is 11.6 Å². The fraction of sp³-hybridized carbons (Fsp3) is 0. The van der Waals surface area contributed by atoms with Crippen LogP contribution in [0.15, 0.2) is 45.9 Å². The number of benzene rings is 1. The van der Waals surface area contributed by atoms with E-state index in [4.69, 9.17) is 21.8 Å². The van der Waals surface area contributed by atoms with E-state index in [9.17, 15) is 13.2 Å². The summed E-state index contributed by atoms with van der Waals surface area (Å²) in [5.74, 6) is -1.07. The van der Waals surface area contributed by atoms with Gasteiger partial charge in [0.15, 0.2) is 5.76 Å². The van der Waals surface area contributed by atoms with E-state index in [0.717, 1.165) is 12.3 Å². The van der Waals surface area contributed by atoms with Gasteiger partial charge in [0.05, 0.1) is 5.69 Å². The molecule has 0 saturated carbocycles. The molecule has 0 bridgehead atoms. The van der Waals surface area contributed by atoms with Crippen molar-refractivity contribution < 1.29 is 17.6 Å². The van der Waals surface area contributed by atoms with Gasteiger partial charge in [0, 0.05) is 11.1 Å². The zero-order valence-electron chi connectivity index (χ0n) is 9.46. The van der Waals surface area contributed by atoms with Crippen molar-refractivity contribution >= 4 is 33.2 Å². The lowest BCUT2D eigenvalue weighted by atomic mass is 10.3. The number of rotatable bonds is 4. The summed E-state index contributed by atoms with van der Waals surface area (Å²) >= 11 is 5.75. The van der Waals surface area contributed by atoms with Crippen LogP contribution < -0.4 is 10.5 Å². The normalized spacial score (nSPS) is 11.2. The Hall–Kier alpha value is -1.99. The molecule has 0 spiro atoms. The highest BCUT2D eigenvalue weighted by Crippen LogP contribution is 2.20. The summed E-state index contributed by atoms with van der Waals surface area (Å²) in [6.07, 6.45) is 0.937. The minimum Gasteiger partial charge on any atom is -0.458 e. The second-order valence-electron chi connectivity index (χ2n) is 3.63. The minimum atomic E-state index is -3.85. The molecule has 1 aromatic heterocycles. The fourth-order valence-corrected chi connectivity index (χ4v) is 2.54. The molecule has 2 rings (SSSR count). The van der Waals surface area contributed by atoms with E-state index in [1.807, 2.05) is 0 Å². The molecule has 6 nitrogen and oxygen atoms in total. The number of nitrogens with one attached hydrogen (secondary N) is 1. The molecule has 0 saturated heterocycles. The standard InChI is InChI=1S/C11H9ClN2O4S/c12-7-2-1-3-8(4-7)14-19(16,17)9-5-10(11(13)15)18-6-9/h1-6,14H,(H2,13,15). The van der Waals surface area contributed by atoms with E-state index in [0.29, 0.717) is 10.7 Å². The van der Waals surface area contributed by atoms with Crippen molar-refractivity contribution in [3.8, 4) is 0 Å². The van der Waals surface area contributed by atoms with Crippen molar-refractivity contribution in [3.63, 3.8) is 0 Å². The van der Waals surface area contributed by atoms with Crippen LogP contribution in [0.4, 0.5) is 5.69 Å².